The number of carbonyl (C=O) groups is 2. The Kier molecular flexibility index (Phi) is 5.28. The monoisotopic (exact) mass is 408 g/mol. The van der Waals surface area contributed by atoms with E-state index in [1.54, 1.807) is 6.07 Å². The molecule has 1 heterocycles. The molecule has 0 radical (unpaired) electrons. The number of rotatable bonds is 5. The molecule has 7 heteroatoms. The predicted octanol–water partition coefficient (Wildman–Crippen LogP) is 3.29. The molecule has 1 fully saturated rings. The topological polar surface area (TPSA) is 87.8 Å². The summed E-state index contributed by atoms with van der Waals surface area (Å²) >= 11 is 0. The van der Waals surface area contributed by atoms with E-state index >= 15 is 0 Å². The van der Waals surface area contributed by atoms with E-state index in [0.717, 1.165) is 24.8 Å². The van der Waals surface area contributed by atoms with Crippen molar-refractivity contribution in [3.05, 3.63) is 71.0 Å². The molecule has 2 aromatic carbocycles. The first-order valence-corrected chi connectivity index (χ1v) is 10.2. The number of amides is 2. The van der Waals surface area contributed by atoms with Gasteiger partial charge in [-0.3, -0.25) is 14.5 Å². The molecule has 0 unspecified atom stereocenters. The minimum Gasteiger partial charge on any atom is -0.369 e. The maximum absolute atomic E-state index is 14.2. The van der Waals surface area contributed by atoms with Gasteiger partial charge in [0.15, 0.2) is 5.96 Å². The number of hydrogen-bond donors (Lipinski definition) is 2. The first kappa shape index (κ1) is 20.1. The highest BCUT2D eigenvalue weighted by atomic mass is 19.1. The van der Waals surface area contributed by atoms with E-state index in [0.29, 0.717) is 12.0 Å². The first-order chi connectivity index (χ1) is 14.3. The number of carbonyl (C=O) groups excluding carboxylic acids is 2. The number of nitrogens with one attached hydrogen (secondary N) is 1. The zero-order chi connectivity index (χ0) is 21.3. The predicted molar refractivity (Wildman–Crippen MR) is 112 cm³/mol. The van der Waals surface area contributed by atoms with Crippen molar-refractivity contribution in [2.75, 3.05) is 0 Å². The summed E-state index contributed by atoms with van der Waals surface area (Å²) in [4.78, 5) is 31.2. The lowest BCUT2D eigenvalue weighted by Crippen LogP contribution is -2.53. The third-order valence-corrected chi connectivity index (χ3v) is 5.90. The van der Waals surface area contributed by atoms with Gasteiger partial charge in [0.2, 0.25) is 5.91 Å². The van der Waals surface area contributed by atoms with Gasteiger partial charge >= 0.3 is 0 Å². The Bertz CT molecular complexity index is 1000. The van der Waals surface area contributed by atoms with Gasteiger partial charge in [0.25, 0.3) is 5.91 Å². The van der Waals surface area contributed by atoms with Gasteiger partial charge in [0.1, 0.15) is 5.82 Å². The quantitative estimate of drug-likeness (QED) is 0.796. The van der Waals surface area contributed by atoms with Crippen LogP contribution in [-0.2, 0) is 11.3 Å². The summed E-state index contributed by atoms with van der Waals surface area (Å²) in [5, 5.41) is 2.88. The first-order valence-electron chi connectivity index (χ1n) is 10.2. The Balaban J connectivity index is 1.50. The largest absolute Gasteiger partial charge is 0.369 e. The third-order valence-electron chi connectivity index (χ3n) is 5.90. The molecule has 1 saturated carbocycles. The molecule has 1 aliphatic heterocycles. The Hall–Kier alpha value is -3.22. The maximum Gasteiger partial charge on any atom is 0.251 e. The fourth-order valence-electron chi connectivity index (χ4n) is 4.05. The van der Waals surface area contributed by atoms with Crippen molar-refractivity contribution in [3.63, 3.8) is 0 Å². The van der Waals surface area contributed by atoms with Gasteiger partial charge in [-0.25, -0.2) is 9.38 Å². The van der Waals surface area contributed by atoms with E-state index in [9.17, 15) is 14.0 Å². The number of hydrogen-bond acceptors (Lipinski definition) is 4. The molecule has 6 nitrogen and oxygen atoms in total. The van der Waals surface area contributed by atoms with Crippen molar-refractivity contribution in [2.24, 2.45) is 10.7 Å². The van der Waals surface area contributed by atoms with Crippen LogP contribution in [0.2, 0.25) is 0 Å². The van der Waals surface area contributed by atoms with Crippen molar-refractivity contribution in [2.45, 2.75) is 50.7 Å². The molecule has 3 N–H and O–H groups in total. The van der Waals surface area contributed by atoms with Gasteiger partial charge < -0.3 is 11.1 Å². The van der Waals surface area contributed by atoms with Crippen molar-refractivity contribution in [1.29, 1.82) is 0 Å². The maximum atomic E-state index is 14.2. The number of benzene rings is 2. The van der Waals surface area contributed by atoms with Crippen LogP contribution in [0, 0.1) is 5.82 Å². The van der Waals surface area contributed by atoms with Gasteiger partial charge in [0.05, 0.1) is 24.5 Å². The molecule has 2 amide bonds. The highest BCUT2D eigenvalue weighted by Crippen LogP contribution is 2.41. The van der Waals surface area contributed by atoms with E-state index in [4.69, 9.17) is 5.73 Å². The Morgan fingerprint density at radius 3 is 2.63 bits per heavy atom. The second kappa shape index (κ2) is 7.89. The molecule has 2 aromatic rings. The fraction of sp³-hybridized carbons (Fsp3) is 0.348. The van der Waals surface area contributed by atoms with E-state index in [-0.39, 0.29) is 41.5 Å². The molecule has 0 aromatic heterocycles. The minimum atomic E-state index is -0.541. The number of guanidine groups is 1. The van der Waals surface area contributed by atoms with Crippen LogP contribution in [0.3, 0.4) is 0 Å². The highest BCUT2D eigenvalue weighted by molar-refractivity contribution is 5.99. The molecule has 1 spiro atoms. The Morgan fingerprint density at radius 1 is 1.27 bits per heavy atom. The van der Waals surface area contributed by atoms with E-state index in [1.165, 1.54) is 17.0 Å². The summed E-state index contributed by atoms with van der Waals surface area (Å²) in [6, 6.07) is 13.4. The Labute approximate surface area is 175 Å². The van der Waals surface area contributed by atoms with Gasteiger partial charge in [-0.05, 0) is 55.5 Å². The molecule has 4 rings (SSSR count). The van der Waals surface area contributed by atoms with Crippen molar-refractivity contribution in [1.82, 2.24) is 10.2 Å². The van der Waals surface area contributed by atoms with Crippen molar-refractivity contribution >= 4 is 17.8 Å². The second-order valence-electron chi connectivity index (χ2n) is 8.16. The molecular formula is C23H25FN4O2. The zero-order valence-corrected chi connectivity index (χ0v) is 16.9. The number of nitrogens with two attached hydrogens (primary N) is 1. The average molecular weight is 408 g/mol. The van der Waals surface area contributed by atoms with Crippen LogP contribution < -0.4 is 11.1 Å². The zero-order valence-electron chi connectivity index (χ0n) is 16.9. The molecule has 0 bridgehead atoms. The summed E-state index contributed by atoms with van der Waals surface area (Å²) in [5.74, 6) is -0.873. The van der Waals surface area contributed by atoms with E-state index < -0.39 is 5.82 Å². The smallest absolute Gasteiger partial charge is 0.251 e. The van der Waals surface area contributed by atoms with Crippen LogP contribution in [0.15, 0.2) is 53.5 Å². The summed E-state index contributed by atoms with van der Waals surface area (Å²) < 4.78 is 14.2. The van der Waals surface area contributed by atoms with E-state index in [2.05, 4.69) is 10.3 Å². The number of nitrogens with zero attached hydrogens (tertiary/aromatic N) is 2. The molecule has 156 valence electrons. The molecule has 0 saturated heterocycles. The Morgan fingerprint density at radius 2 is 2.00 bits per heavy atom. The van der Waals surface area contributed by atoms with Crippen LogP contribution >= 0.6 is 0 Å². The van der Waals surface area contributed by atoms with Crippen LogP contribution in [-0.4, -0.2) is 28.2 Å². The van der Waals surface area contributed by atoms with Gasteiger partial charge in [-0.1, -0.05) is 30.3 Å². The van der Waals surface area contributed by atoms with Gasteiger partial charge in [-0.2, -0.15) is 0 Å². The third kappa shape index (κ3) is 4.06. The fourth-order valence-corrected chi connectivity index (χ4v) is 4.05. The van der Waals surface area contributed by atoms with Crippen LogP contribution in [0.4, 0.5) is 4.39 Å². The summed E-state index contributed by atoms with van der Waals surface area (Å²) in [5.41, 5.74) is 7.36. The lowest BCUT2D eigenvalue weighted by molar-refractivity contribution is -0.131. The van der Waals surface area contributed by atoms with Crippen LogP contribution in [0.25, 0.3) is 0 Å². The highest BCUT2D eigenvalue weighted by Gasteiger charge is 2.44. The van der Waals surface area contributed by atoms with Gasteiger partial charge in [-0.15, -0.1) is 0 Å². The normalized spacial score (nSPS) is 18.5. The van der Waals surface area contributed by atoms with Crippen LogP contribution in [0.5, 0.6) is 0 Å². The SMILES string of the molecule is C[C@H](NC(=O)c1cc(F)cc(CN2C(=O)CC3(CCC3)N=C2N)c1)c1ccccc1. The molecule has 1 aliphatic carbocycles. The summed E-state index contributed by atoms with van der Waals surface area (Å²) in [6.45, 7) is 1.95. The standard InChI is InChI=1S/C23H25FN4O2/c1-15(17-6-3-2-4-7-17)26-21(30)18-10-16(11-19(24)12-18)14-28-20(29)13-23(8-5-9-23)27-22(28)25/h2-4,6-7,10-12,15H,5,8-9,13-14H2,1H3,(H2,25,27)(H,26,30)/t15-/m0/s1. The van der Waals surface area contributed by atoms with Crippen molar-refractivity contribution < 1.29 is 14.0 Å². The van der Waals surface area contributed by atoms with Gasteiger partial charge in [0, 0.05) is 5.56 Å². The second-order valence-corrected chi connectivity index (χ2v) is 8.16. The van der Waals surface area contributed by atoms with Crippen molar-refractivity contribution in [3.8, 4) is 0 Å². The average Bonchev–Trinajstić information content (AvgIpc) is 2.69. The number of halogens is 1. The van der Waals surface area contributed by atoms with E-state index in [1.807, 2.05) is 37.3 Å². The lowest BCUT2D eigenvalue weighted by Gasteiger charge is -2.43. The minimum absolute atomic E-state index is 0.0799. The number of aliphatic imine (C=N–C) groups is 1. The molecule has 30 heavy (non-hydrogen) atoms. The molecular weight excluding hydrogens is 383 g/mol. The van der Waals surface area contributed by atoms with Crippen LogP contribution in [0.1, 0.15) is 60.1 Å². The molecule has 1 atom stereocenters. The summed E-state index contributed by atoms with van der Waals surface area (Å²) in [7, 11) is 0. The summed E-state index contributed by atoms with van der Waals surface area (Å²) in [6.07, 6.45) is 3.12. The molecule has 2 aliphatic rings. The lowest BCUT2D eigenvalue weighted by atomic mass is 9.74.